The molecule has 0 bridgehead atoms. The van der Waals surface area contributed by atoms with E-state index in [1.807, 2.05) is 0 Å². The standard InChI is InChI=1S/C17H27N/c1-13-11-15(14-7-4-2-3-5-8-14)12-17-16(13)9-6-10-18-17/h11-12,14,16-18H,2-10H2,1H3. The second-order valence-corrected chi connectivity index (χ2v) is 6.47. The smallest absolute Gasteiger partial charge is 0.0321 e. The molecular weight excluding hydrogens is 218 g/mol. The number of hydrogen-bond acceptors (Lipinski definition) is 1. The van der Waals surface area contributed by atoms with Crippen LogP contribution < -0.4 is 5.32 Å². The highest BCUT2D eigenvalue weighted by Gasteiger charge is 2.29. The maximum absolute atomic E-state index is 3.72. The Morgan fingerprint density at radius 1 is 1.00 bits per heavy atom. The fourth-order valence-corrected chi connectivity index (χ4v) is 4.09. The number of fused-ring (bicyclic) bond motifs is 1. The van der Waals surface area contributed by atoms with Crippen molar-refractivity contribution in [2.45, 2.75) is 64.3 Å². The molecule has 1 saturated carbocycles. The van der Waals surface area contributed by atoms with Crippen molar-refractivity contribution in [3.8, 4) is 0 Å². The van der Waals surface area contributed by atoms with Crippen molar-refractivity contribution in [3.05, 3.63) is 23.3 Å². The normalized spacial score (nSPS) is 34.3. The summed E-state index contributed by atoms with van der Waals surface area (Å²) in [6, 6.07) is 0.641. The van der Waals surface area contributed by atoms with Crippen LogP contribution in [0.4, 0.5) is 0 Å². The van der Waals surface area contributed by atoms with Crippen molar-refractivity contribution >= 4 is 0 Å². The van der Waals surface area contributed by atoms with E-state index in [9.17, 15) is 0 Å². The fraction of sp³-hybridized carbons (Fsp3) is 0.765. The van der Waals surface area contributed by atoms with Crippen LogP contribution in [0, 0.1) is 11.8 Å². The molecule has 1 N–H and O–H groups in total. The van der Waals surface area contributed by atoms with Gasteiger partial charge in [0.15, 0.2) is 0 Å². The molecule has 1 heteroatoms. The van der Waals surface area contributed by atoms with Crippen molar-refractivity contribution in [3.63, 3.8) is 0 Å². The van der Waals surface area contributed by atoms with Gasteiger partial charge in [-0.25, -0.2) is 0 Å². The van der Waals surface area contributed by atoms with Crippen LogP contribution in [-0.2, 0) is 0 Å². The molecule has 0 spiro atoms. The molecule has 2 atom stereocenters. The van der Waals surface area contributed by atoms with Crippen LogP contribution in [0.1, 0.15) is 58.3 Å². The highest BCUT2D eigenvalue weighted by atomic mass is 14.9. The molecule has 0 amide bonds. The minimum atomic E-state index is 0.641. The third-order valence-electron chi connectivity index (χ3n) is 5.18. The van der Waals surface area contributed by atoms with Gasteiger partial charge in [-0.3, -0.25) is 0 Å². The lowest BCUT2D eigenvalue weighted by molar-refractivity contribution is 0.351. The Morgan fingerprint density at radius 2 is 1.78 bits per heavy atom. The first kappa shape index (κ1) is 12.5. The molecule has 100 valence electrons. The Morgan fingerprint density at radius 3 is 2.56 bits per heavy atom. The number of rotatable bonds is 1. The van der Waals surface area contributed by atoms with E-state index in [0.29, 0.717) is 6.04 Å². The molecule has 0 aromatic heterocycles. The summed E-state index contributed by atoms with van der Waals surface area (Å²) in [6.45, 7) is 3.57. The van der Waals surface area contributed by atoms with Gasteiger partial charge >= 0.3 is 0 Å². The molecule has 1 aliphatic heterocycles. The quantitative estimate of drug-likeness (QED) is 0.682. The minimum Gasteiger partial charge on any atom is -0.310 e. The first-order valence-electron chi connectivity index (χ1n) is 7.98. The maximum Gasteiger partial charge on any atom is 0.0321 e. The van der Waals surface area contributed by atoms with Gasteiger partial charge in [0.25, 0.3) is 0 Å². The molecule has 1 heterocycles. The predicted molar refractivity (Wildman–Crippen MR) is 77.5 cm³/mol. The highest BCUT2D eigenvalue weighted by molar-refractivity contribution is 5.34. The van der Waals surface area contributed by atoms with Crippen molar-refractivity contribution in [1.82, 2.24) is 5.32 Å². The Kier molecular flexibility index (Phi) is 3.88. The molecule has 0 aromatic rings. The van der Waals surface area contributed by atoms with E-state index in [-0.39, 0.29) is 0 Å². The first-order chi connectivity index (χ1) is 8.84. The van der Waals surface area contributed by atoms with Crippen LogP contribution in [0.15, 0.2) is 23.3 Å². The molecule has 18 heavy (non-hydrogen) atoms. The summed E-state index contributed by atoms with van der Waals surface area (Å²) in [5.41, 5.74) is 3.29. The second-order valence-electron chi connectivity index (χ2n) is 6.47. The molecule has 3 rings (SSSR count). The molecule has 0 radical (unpaired) electrons. The van der Waals surface area contributed by atoms with Gasteiger partial charge < -0.3 is 5.32 Å². The average molecular weight is 245 g/mol. The van der Waals surface area contributed by atoms with Crippen LogP contribution in [-0.4, -0.2) is 12.6 Å². The van der Waals surface area contributed by atoms with E-state index in [1.165, 1.54) is 57.9 Å². The third-order valence-corrected chi connectivity index (χ3v) is 5.18. The van der Waals surface area contributed by atoms with Gasteiger partial charge in [0.2, 0.25) is 0 Å². The second kappa shape index (κ2) is 5.61. The predicted octanol–water partition coefficient (Wildman–Crippen LogP) is 4.21. The minimum absolute atomic E-state index is 0.641. The van der Waals surface area contributed by atoms with Crippen LogP contribution in [0.25, 0.3) is 0 Å². The van der Waals surface area contributed by atoms with Crippen molar-refractivity contribution in [2.24, 2.45) is 11.8 Å². The van der Waals surface area contributed by atoms with Gasteiger partial charge in [-0.15, -0.1) is 0 Å². The van der Waals surface area contributed by atoms with Crippen LogP contribution in [0.3, 0.4) is 0 Å². The molecular formula is C17H27N. The zero-order valence-electron chi connectivity index (χ0n) is 11.8. The van der Waals surface area contributed by atoms with E-state index >= 15 is 0 Å². The van der Waals surface area contributed by atoms with Gasteiger partial charge in [0.1, 0.15) is 0 Å². The van der Waals surface area contributed by atoms with Crippen LogP contribution in [0.5, 0.6) is 0 Å². The van der Waals surface area contributed by atoms with Gasteiger partial charge in [-0.1, -0.05) is 43.4 Å². The molecule has 1 nitrogen and oxygen atoms in total. The van der Waals surface area contributed by atoms with Gasteiger partial charge in [-0.05, 0) is 56.6 Å². The zero-order chi connectivity index (χ0) is 12.4. The Hall–Kier alpha value is -0.560. The molecule has 1 saturated heterocycles. The van der Waals surface area contributed by atoms with Gasteiger partial charge in [0.05, 0.1) is 0 Å². The molecule has 0 aromatic carbocycles. The summed E-state index contributed by atoms with van der Waals surface area (Å²) in [4.78, 5) is 0. The van der Waals surface area contributed by atoms with Crippen molar-refractivity contribution < 1.29 is 0 Å². The SMILES string of the molecule is CC1=CC(C2CCCCCC2)=CC2NCCCC12. The number of allylic oxidation sites excluding steroid dienone is 2. The summed E-state index contributed by atoms with van der Waals surface area (Å²) in [7, 11) is 0. The van der Waals surface area contributed by atoms with Crippen molar-refractivity contribution in [1.29, 1.82) is 0 Å². The topological polar surface area (TPSA) is 12.0 Å². The summed E-state index contributed by atoms with van der Waals surface area (Å²) in [5, 5.41) is 3.72. The summed E-state index contributed by atoms with van der Waals surface area (Å²) < 4.78 is 0. The highest BCUT2D eigenvalue weighted by Crippen LogP contribution is 2.36. The zero-order valence-corrected chi connectivity index (χ0v) is 11.8. The third kappa shape index (κ3) is 2.56. The Balaban J connectivity index is 1.77. The lowest BCUT2D eigenvalue weighted by Gasteiger charge is -2.36. The molecule has 2 fully saturated rings. The van der Waals surface area contributed by atoms with E-state index in [1.54, 1.807) is 11.1 Å². The lowest BCUT2D eigenvalue weighted by Crippen LogP contribution is -2.42. The van der Waals surface area contributed by atoms with E-state index in [2.05, 4.69) is 24.4 Å². The van der Waals surface area contributed by atoms with Gasteiger partial charge in [0, 0.05) is 6.04 Å². The number of piperidine rings is 1. The van der Waals surface area contributed by atoms with E-state index in [0.717, 1.165) is 11.8 Å². The summed E-state index contributed by atoms with van der Waals surface area (Å²) >= 11 is 0. The lowest BCUT2D eigenvalue weighted by atomic mass is 9.76. The Labute approximate surface area is 112 Å². The monoisotopic (exact) mass is 245 g/mol. The molecule has 3 aliphatic rings. The van der Waals surface area contributed by atoms with Gasteiger partial charge in [-0.2, -0.15) is 0 Å². The summed E-state index contributed by atoms with van der Waals surface area (Å²) in [5.74, 6) is 1.64. The van der Waals surface area contributed by atoms with Crippen molar-refractivity contribution in [2.75, 3.05) is 6.54 Å². The molecule has 2 unspecified atom stereocenters. The summed E-state index contributed by atoms with van der Waals surface area (Å²) in [6.07, 6.45) is 16.5. The largest absolute Gasteiger partial charge is 0.310 e. The van der Waals surface area contributed by atoms with E-state index in [4.69, 9.17) is 0 Å². The fourth-order valence-electron chi connectivity index (χ4n) is 4.09. The first-order valence-corrected chi connectivity index (χ1v) is 7.98. The Bertz CT molecular complexity index is 345. The van der Waals surface area contributed by atoms with E-state index < -0.39 is 0 Å². The maximum atomic E-state index is 3.72. The van der Waals surface area contributed by atoms with Crippen LogP contribution >= 0.6 is 0 Å². The number of nitrogens with one attached hydrogen (secondary N) is 1. The average Bonchev–Trinajstić information content (AvgIpc) is 2.67. The molecule has 2 aliphatic carbocycles. The number of hydrogen-bond donors (Lipinski definition) is 1. The van der Waals surface area contributed by atoms with Crippen LogP contribution in [0.2, 0.25) is 0 Å².